The fourth-order valence-electron chi connectivity index (χ4n) is 2.29. The Morgan fingerprint density at radius 3 is 2.30 bits per heavy atom. The molecule has 1 rings (SSSR count). The molecule has 0 spiro atoms. The zero-order chi connectivity index (χ0) is 15.3. The van der Waals surface area contributed by atoms with Gasteiger partial charge >= 0.3 is 11.9 Å². The van der Waals surface area contributed by atoms with Crippen molar-refractivity contribution in [3.8, 4) is 0 Å². The van der Waals surface area contributed by atoms with Crippen LogP contribution in [0.2, 0.25) is 0 Å². The van der Waals surface area contributed by atoms with Gasteiger partial charge in [0.25, 0.3) is 0 Å². The summed E-state index contributed by atoms with van der Waals surface area (Å²) in [6, 6.07) is -0.909. The first-order chi connectivity index (χ1) is 9.40. The SMILES string of the molecule is CNC(=O)[C@H]1CC(OC(C)=O)[C@H](OC(C)=O)[C@@H]1N=[N+]=[N-]. The summed E-state index contributed by atoms with van der Waals surface area (Å²) >= 11 is 0. The largest absolute Gasteiger partial charge is 0.459 e. The fraction of sp³-hybridized carbons (Fsp3) is 0.727. The smallest absolute Gasteiger partial charge is 0.303 e. The van der Waals surface area contributed by atoms with Gasteiger partial charge < -0.3 is 14.8 Å². The van der Waals surface area contributed by atoms with E-state index in [1.165, 1.54) is 20.9 Å². The lowest BCUT2D eigenvalue weighted by Gasteiger charge is -2.22. The molecule has 4 atom stereocenters. The van der Waals surface area contributed by atoms with Crippen LogP contribution in [0.15, 0.2) is 5.11 Å². The molecule has 110 valence electrons. The van der Waals surface area contributed by atoms with E-state index in [9.17, 15) is 14.4 Å². The van der Waals surface area contributed by atoms with Crippen molar-refractivity contribution in [2.45, 2.75) is 38.5 Å². The number of esters is 2. The zero-order valence-electron chi connectivity index (χ0n) is 11.4. The minimum Gasteiger partial charge on any atom is -0.459 e. The number of carbonyl (C=O) groups is 3. The summed E-state index contributed by atoms with van der Waals surface area (Å²) in [4.78, 5) is 36.7. The quantitative estimate of drug-likeness (QED) is 0.343. The van der Waals surface area contributed by atoms with Crippen molar-refractivity contribution >= 4 is 17.8 Å². The molecule has 0 radical (unpaired) electrons. The van der Waals surface area contributed by atoms with Crippen LogP contribution in [0.1, 0.15) is 20.3 Å². The first kappa shape index (κ1) is 15.8. The van der Waals surface area contributed by atoms with E-state index < -0.39 is 36.1 Å². The first-order valence-electron chi connectivity index (χ1n) is 6.01. The van der Waals surface area contributed by atoms with Crippen LogP contribution in [0.25, 0.3) is 10.4 Å². The molecule has 0 aliphatic heterocycles. The Bertz CT molecular complexity index is 460. The van der Waals surface area contributed by atoms with Crippen LogP contribution in [-0.2, 0) is 23.9 Å². The van der Waals surface area contributed by atoms with Crippen LogP contribution < -0.4 is 5.32 Å². The predicted molar refractivity (Wildman–Crippen MR) is 66.2 cm³/mol. The van der Waals surface area contributed by atoms with Crippen LogP contribution in [-0.4, -0.2) is 43.1 Å². The highest BCUT2D eigenvalue weighted by Crippen LogP contribution is 2.34. The Balaban J connectivity index is 3.06. The van der Waals surface area contributed by atoms with Crippen molar-refractivity contribution in [1.29, 1.82) is 0 Å². The lowest BCUT2D eigenvalue weighted by molar-refractivity contribution is -0.163. The zero-order valence-corrected chi connectivity index (χ0v) is 11.4. The minimum absolute atomic E-state index is 0.126. The Morgan fingerprint density at radius 2 is 1.85 bits per heavy atom. The van der Waals surface area contributed by atoms with Gasteiger partial charge in [0.05, 0.1) is 12.0 Å². The summed E-state index contributed by atoms with van der Waals surface area (Å²) in [5.41, 5.74) is 8.60. The second-order valence-corrected chi connectivity index (χ2v) is 4.37. The van der Waals surface area contributed by atoms with Gasteiger partial charge in [-0.3, -0.25) is 14.4 Å². The molecule has 0 aromatic heterocycles. The number of nitrogens with zero attached hydrogens (tertiary/aromatic N) is 3. The summed E-state index contributed by atoms with van der Waals surface area (Å²) < 4.78 is 10.1. The highest BCUT2D eigenvalue weighted by Gasteiger charge is 2.49. The maximum atomic E-state index is 11.8. The van der Waals surface area contributed by atoms with Crippen molar-refractivity contribution in [3.63, 3.8) is 0 Å². The normalized spacial score (nSPS) is 28.1. The Morgan fingerprint density at radius 1 is 1.25 bits per heavy atom. The minimum atomic E-state index is -0.963. The number of hydrogen-bond donors (Lipinski definition) is 1. The molecule has 9 heteroatoms. The number of rotatable bonds is 4. The molecule has 1 amide bonds. The average Bonchev–Trinajstić information content (AvgIpc) is 2.67. The molecule has 1 aliphatic carbocycles. The number of azide groups is 1. The molecule has 0 bridgehead atoms. The van der Waals surface area contributed by atoms with E-state index in [0.717, 1.165) is 0 Å². The van der Waals surface area contributed by atoms with Crippen LogP contribution in [0.5, 0.6) is 0 Å². The second-order valence-electron chi connectivity index (χ2n) is 4.37. The van der Waals surface area contributed by atoms with Crippen LogP contribution in [0, 0.1) is 5.92 Å². The first-order valence-corrected chi connectivity index (χ1v) is 6.01. The van der Waals surface area contributed by atoms with Crippen LogP contribution in [0.4, 0.5) is 0 Å². The number of carbonyl (C=O) groups excluding carboxylic acids is 3. The number of nitrogens with one attached hydrogen (secondary N) is 1. The molecule has 1 unspecified atom stereocenters. The van der Waals surface area contributed by atoms with E-state index in [1.807, 2.05) is 0 Å². The summed E-state index contributed by atoms with van der Waals surface area (Å²) in [6.45, 7) is 2.39. The Kier molecular flexibility index (Phi) is 5.33. The summed E-state index contributed by atoms with van der Waals surface area (Å²) in [5, 5.41) is 5.96. The molecular weight excluding hydrogens is 268 g/mol. The highest BCUT2D eigenvalue weighted by molar-refractivity contribution is 5.80. The molecule has 0 heterocycles. The summed E-state index contributed by atoms with van der Waals surface area (Å²) in [7, 11) is 1.44. The molecular formula is C11H16N4O5. The predicted octanol–water partition coefficient (Wildman–Crippen LogP) is 0.295. The monoisotopic (exact) mass is 284 g/mol. The fourth-order valence-corrected chi connectivity index (χ4v) is 2.29. The summed E-state index contributed by atoms with van der Waals surface area (Å²) in [5.74, 6) is -2.26. The van der Waals surface area contributed by atoms with E-state index in [4.69, 9.17) is 15.0 Å². The molecule has 9 nitrogen and oxygen atoms in total. The maximum absolute atomic E-state index is 11.8. The van der Waals surface area contributed by atoms with Gasteiger partial charge in [-0.15, -0.1) is 0 Å². The molecule has 20 heavy (non-hydrogen) atoms. The van der Waals surface area contributed by atoms with Crippen molar-refractivity contribution in [2.24, 2.45) is 11.0 Å². The van der Waals surface area contributed by atoms with Gasteiger partial charge in [-0.05, 0) is 5.53 Å². The Labute approximate surface area is 115 Å². The lowest BCUT2D eigenvalue weighted by Crippen LogP contribution is -2.38. The topological polar surface area (TPSA) is 130 Å². The van der Waals surface area contributed by atoms with Crippen LogP contribution in [0.3, 0.4) is 0 Å². The molecule has 0 aromatic carbocycles. The maximum Gasteiger partial charge on any atom is 0.303 e. The van der Waals surface area contributed by atoms with Gasteiger partial charge in [0.1, 0.15) is 12.2 Å². The van der Waals surface area contributed by atoms with E-state index in [2.05, 4.69) is 15.3 Å². The number of hydrogen-bond acceptors (Lipinski definition) is 6. The molecule has 0 saturated heterocycles. The highest BCUT2D eigenvalue weighted by atomic mass is 16.6. The van der Waals surface area contributed by atoms with Gasteiger partial charge in [0.15, 0.2) is 0 Å². The van der Waals surface area contributed by atoms with E-state index in [-0.39, 0.29) is 12.3 Å². The van der Waals surface area contributed by atoms with Gasteiger partial charge in [-0.25, -0.2) is 0 Å². The molecule has 1 aliphatic rings. The summed E-state index contributed by atoms with van der Waals surface area (Å²) in [6.07, 6.45) is -1.65. The van der Waals surface area contributed by atoms with Gasteiger partial charge in [-0.1, -0.05) is 5.11 Å². The molecule has 1 fully saturated rings. The third-order valence-electron chi connectivity index (χ3n) is 2.99. The van der Waals surface area contributed by atoms with E-state index in [1.54, 1.807) is 0 Å². The third kappa shape index (κ3) is 3.61. The van der Waals surface area contributed by atoms with Gasteiger partial charge in [-0.2, -0.15) is 0 Å². The molecule has 1 saturated carbocycles. The third-order valence-corrected chi connectivity index (χ3v) is 2.99. The van der Waals surface area contributed by atoms with Gasteiger partial charge in [0.2, 0.25) is 5.91 Å². The van der Waals surface area contributed by atoms with Crippen molar-refractivity contribution < 1.29 is 23.9 Å². The average molecular weight is 284 g/mol. The van der Waals surface area contributed by atoms with E-state index >= 15 is 0 Å². The van der Waals surface area contributed by atoms with E-state index in [0.29, 0.717) is 0 Å². The van der Waals surface area contributed by atoms with Crippen LogP contribution >= 0.6 is 0 Å². The Hall–Kier alpha value is -2.28. The van der Waals surface area contributed by atoms with Crippen molar-refractivity contribution in [2.75, 3.05) is 7.05 Å². The lowest BCUT2D eigenvalue weighted by atomic mass is 10.0. The molecule has 1 N–H and O–H groups in total. The number of amides is 1. The standard InChI is InChI=1S/C11H16N4O5/c1-5(16)19-8-4-7(11(18)13-3)9(14-15-12)10(8)20-6(2)17/h7-10H,4H2,1-3H3,(H,13,18)/t7-,8?,9+,10-/m0/s1. The number of ether oxygens (including phenoxy) is 2. The van der Waals surface area contributed by atoms with Gasteiger partial charge in [0, 0.05) is 32.2 Å². The van der Waals surface area contributed by atoms with Crippen molar-refractivity contribution in [3.05, 3.63) is 10.4 Å². The molecule has 0 aromatic rings. The second kappa shape index (κ2) is 6.76. The van der Waals surface area contributed by atoms with Crippen molar-refractivity contribution in [1.82, 2.24) is 5.32 Å².